The number of halogens is 5. The van der Waals surface area contributed by atoms with Crippen molar-refractivity contribution in [2.75, 3.05) is 13.1 Å². The minimum atomic E-state index is -3.15. The van der Waals surface area contributed by atoms with Crippen LogP contribution in [0.25, 0.3) is 0 Å². The van der Waals surface area contributed by atoms with Crippen LogP contribution in [0.1, 0.15) is 20.4 Å². The van der Waals surface area contributed by atoms with Crippen LogP contribution in [0.2, 0.25) is 0 Å². The Morgan fingerprint density at radius 3 is 2.50 bits per heavy atom. The summed E-state index contributed by atoms with van der Waals surface area (Å²) in [7, 11) is 0. The monoisotopic (exact) mass is 431 g/mol. The molecule has 3 N–H and O–H groups in total. The molecular weight excluding hydrogens is 414 g/mol. The van der Waals surface area contributed by atoms with Crippen LogP contribution >= 0.6 is 36.2 Å². The van der Waals surface area contributed by atoms with Crippen molar-refractivity contribution >= 4 is 42.1 Å². The van der Waals surface area contributed by atoms with Gasteiger partial charge in [-0.15, -0.1) is 36.2 Å². The Balaban J connectivity index is 0.00000312. The van der Waals surface area contributed by atoms with Crippen LogP contribution in [0.3, 0.4) is 0 Å². The highest BCUT2D eigenvalue weighted by molar-refractivity contribution is 7.13. The standard InChI is InChI=1S/C15H16F3N3O2S.2ClH/c1-9-13(14(22)20-8-15(17,18)7-19)24-12(21-9)6-23-11-4-2-10(16)3-5-11;;/h2-5H,6-8,19H2,1H3,(H,20,22);2*1H. The number of nitrogens with two attached hydrogens (primary N) is 1. The van der Waals surface area contributed by atoms with Gasteiger partial charge in [0, 0.05) is 0 Å². The van der Waals surface area contributed by atoms with Crippen molar-refractivity contribution < 1.29 is 22.7 Å². The third kappa shape index (κ3) is 6.99. The Kier molecular flexibility index (Phi) is 9.93. The van der Waals surface area contributed by atoms with Crippen LogP contribution < -0.4 is 15.8 Å². The lowest BCUT2D eigenvalue weighted by Crippen LogP contribution is -2.41. The number of aryl methyl sites for hydroxylation is 1. The quantitative estimate of drug-likeness (QED) is 0.704. The predicted molar refractivity (Wildman–Crippen MR) is 98.4 cm³/mol. The molecule has 26 heavy (non-hydrogen) atoms. The highest BCUT2D eigenvalue weighted by Gasteiger charge is 2.28. The molecule has 2 rings (SSSR count). The van der Waals surface area contributed by atoms with Gasteiger partial charge in [-0.1, -0.05) is 0 Å². The number of amides is 1. The van der Waals surface area contributed by atoms with Crippen molar-refractivity contribution in [3.8, 4) is 5.75 Å². The molecular formula is C15H18Cl2F3N3O2S. The SMILES string of the molecule is Cc1nc(COc2ccc(F)cc2)sc1C(=O)NCC(F)(F)CN.Cl.Cl. The molecule has 0 saturated heterocycles. The van der Waals surface area contributed by atoms with E-state index in [4.69, 9.17) is 10.5 Å². The molecule has 0 bridgehead atoms. The number of hydrogen-bond acceptors (Lipinski definition) is 5. The Bertz CT molecular complexity index is 715. The number of benzene rings is 1. The van der Waals surface area contributed by atoms with Crippen molar-refractivity contribution in [1.82, 2.24) is 10.3 Å². The second-order valence-electron chi connectivity index (χ2n) is 5.01. The fraction of sp³-hybridized carbons (Fsp3) is 0.333. The molecule has 0 unspecified atom stereocenters. The molecule has 1 aromatic heterocycles. The maximum Gasteiger partial charge on any atom is 0.277 e. The number of aromatic nitrogens is 1. The number of nitrogens with one attached hydrogen (secondary N) is 1. The largest absolute Gasteiger partial charge is 0.486 e. The number of alkyl halides is 2. The first-order valence-electron chi connectivity index (χ1n) is 7.01. The molecule has 1 aromatic carbocycles. The van der Waals surface area contributed by atoms with E-state index in [1.54, 1.807) is 6.92 Å². The highest BCUT2D eigenvalue weighted by Crippen LogP contribution is 2.21. The Morgan fingerprint density at radius 1 is 1.31 bits per heavy atom. The van der Waals surface area contributed by atoms with Gasteiger partial charge in [0.1, 0.15) is 28.1 Å². The third-order valence-electron chi connectivity index (χ3n) is 3.03. The summed E-state index contributed by atoms with van der Waals surface area (Å²) in [4.78, 5) is 16.4. The summed E-state index contributed by atoms with van der Waals surface area (Å²) >= 11 is 1.05. The number of carbonyl (C=O) groups is 1. The van der Waals surface area contributed by atoms with E-state index in [1.807, 2.05) is 0 Å². The fourth-order valence-electron chi connectivity index (χ4n) is 1.76. The average molecular weight is 432 g/mol. The van der Waals surface area contributed by atoms with Crippen LogP contribution in [0.4, 0.5) is 13.2 Å². The molecule has 0 atom stereocenters. The highest BCUT2D eigenvalue weighted by atomic mass is 35.5. The van der Waals surface area contributed by atoms with Gasteiger partial charge in [-0.2, -0.15) is 0 Å². The number of thiazole rings is 1. The molecule has 1 heterocycles. The molecule has 0 spiro atoms. The van der Waals surface area contributed by atoms with Crippen LogP contribution in [0, 0.1) is 12.7 Å². The smallest absolute Gasteiger partial charge is 0.277 e. The zero-order valence-electron chi connectivity index (χ0n) is 13.6. The zero-order valence-corrected chi connectivity index (χ0v) is 16.1. The normalized spacial score (nSPS) is 10.5. The van der Waals surface area contributed by atoms with Crippen molar-refractivity contribution in [3.63, 3.8) is 0 Å². The van der Waals surface area contributed by atoms with Gasteiger partial charge in [0.05, 0.1) is 18.8 Å². The van der Waals surface area contributed by atoms with E-state index in [2.05, 4.69) is 10.3 Å². The van der Waals surface area contributed by atoms with E-state index in [0.29, 0.717) is 16.5 Å². The fourth-order valence-corrected chi connectivity index (χ4v) is 2.66. The number of nitrogens with zero attached hydrogens (tertiary/aromatic N) is 1. The first kappa shape index (κ1) is 24.5. The molecule has 0 aliphatic rings. The molecule has 1 amide bonds. The summed E-state index contributed by atoms with van der Waals surface area (Å²) in [6.07, 6.45) is 0. The summed E-state index contributed by atoms with van der Waals surface area (Å²) in [5.41, 5.74) is 5.34. The van der Waals surface area contributed by atoms with Crippen molar-refractivity contribution in [2.24, 2.45) is 5.73 Å². The summed E-state index contributed by atoms with van der Waals surface area (Å²) in [5.74, 6) is -3.70. The molecule has 0 aliphatic heterocycles. The van der Waals surface area contributed by atoms with Crippen molar-refractivity contribution in [2.45, 2.75) is 19.5 Å². The van der Waals surface area contributed by atoms with Gasteiger partial charge in [-0.25, -0.2) is 18.2 Å². The van der Waals surface area contributed by atoms with Crippen LogP contribution in [0.15, 0.2) is 24.3 Å². The lowest BCUT2D eigenvalue weighted by molar-refractivity contribution is 0.0119. The van der Waals surface area contributed by atoms with Crippen molar-refractivity contribution in [3.05, 3.63) is 45.7 Å². The first-order valence-corrected chi connectivity index (χ1v) is 7.83. The van der Waals surface area contributed by atoms with Gasteiger partial charge in [0.2, 0.25) is 0 Å². The third-order valence-corrected chi connectivity index (χ3v) is 4.16. The zero-order chi connectivity index (χ0) is 17.7. The molecule has 2 aromatic rings. The lowest BCUT2D eigenvalue weighted by atomic mass is 10.3. The second-order valence-corrected chi connectivity index (χ2v) is 6.09. The number of rotatable bonds is 7. The Labute approximate surface area is 165 Å². The van der Waals surface area contributed by atoms with Crippen LogP contribution in [-0.4, -0.2) is 29.9 Å². The average Bonchev–Trinajstić information content (AvgIpc) is 2.93. The minimum Gasteiger partial charge on any atom is -0.486 e. The molecule has 146 valence electrons. The number of carbonyl (C=O) groups excluding carboxylic acids is 1. The van der Waals surface area contributed by atoms with Gasteiger partial charge >= 0.3 is 0 Å². The molecule has 0 radical (unpaired) electrons. The van der Waals surface area contributed by atoms with E-state index in [1.165, 1.54) is 24.3 Å². The van der Waals surface area contributed by atoms with Gasteiger partial charge in [0.25, 0.3) is 11.8 Å². The lowest BCUT2D eigenvalue weighted by Gasteiger charge is -2.13. The predicted octanol–water partition coefficient (Wildman–Crippen LogP) is 3.34. The van der Waals surface area contributed by atoms with Crippen LogP contribution in [-0.2, 0) is 6.61 Å². The maximum atomic E-state index is 13.1. The van der Waals surface area contributed by atoms with Crippen molar-refractivity contribution in [1.29, 1.82) is 0 Å². The second kappa shape index (κ2) is 10.6. The van der Waals surface area contributed by atoms with E-state index in [9.17, 15) is 18.0 Å². The summed E-state index contributed by atoms with van der Waals surface area (Å²) in [5, 5.41) is 2.65. The molecule has 11 heteroatoms. The molecule has 5 nitrogen and oxygen atoms in total. The molecule has 0 fully saturated rings. The molecule has 0 aliphatic carbocycles. The van der Waals surface area contributed by atoms with E-state index >= 15 is 0 Å². The van der Waals surface area contributed by atoms with E-state index < -0.39 is 24.9 Å². The summed E-state index contributed by atoms with van der Waals surface area (Å²) in [6.45, 7) is 0.0179. The number of hydrogen-bond donors (Lipinski definition) is 2. The van der Waals surface area contributed by atoms with E-state index in [0.717, 1.165) is 11.3 Å². The number of ether oxygens (including phenoxy) is 1. The topological polar surface area (TPSA) is 77.2 Å². The summed E-state index contributed by atoms with van der Waals surface area (Å²) in [6, 6.07) is 5.47. The Morgan fingerprint density at radius 2 is 1.92 bits per heavy atom. The first-order chi connectivity index (χ1) is 11.3. The van der Waals surface area contributed by atoms with Gasteiger partial charge in [0.15, 0.2) is 0 Å². The minimum absolute atomic E-state index is 0. The van der Waals surface area contributed by atoms with Gasteiger partial charge < -0.3 is 15.8 Å². The van der Waals surface area contributed by atoms with Gasteiger partial charge in [-0.3, -0.25) is 4.79 Å². The van der Waals surface area contributed by atoms with Gasteiger partial charge in [-0.05, 0) is 31.2 Å². The van der Waals surface area contributed by atoms with E-state index in [-0.39, 0.29) is 42.1 Å². The maximum absolute atomic E-state index is 13.1. The Hall–Kier alpha value is -1.55. The summed E-state index contributed by atoms with van der Waals surface area (Å²) < 4.78 is 44.4. The molecule has 0 saturated carbocycles. The van der Waals surface area contributed by atoms with Crippen LogP contribution in [0.5, 0.6) is 5.75 Å².